The molecule has 0 radical (unpaired) electrons. The minimum absolute atomic E-state index is 0.503. The summed E-state index contributed by atoms with van der Waals surface area (Å²) in [5.74, 6) is 0.864. The standard InChI is InChI=1S/C15H30N2O/c1-13-5-3-4-6-15(13)17(2)11-12-18-14-7-9-16-10-8-14/h13-16H,3-12H2,1-2H3. The summed E-state index contributed by atoms with van der Waals surface area (Å²) in [4.78, 5) is 2.53. The van der Waals surface area contributed by atoms with E-state index in [1.807, 2.05) is 0 Å². The van der Waals surface area contributed by atoms with Crippen LogP contribution in [0.15, 0.2) is 0 Å². The average Bonchev–Trinajstić information content (AvgIpc) is 2.40. The van der Waals surface area contributed by atoms with Crippen LogP contribution in [0.2, 0.25) is 0 Å². The van der Waals surface area contributed by atoms with Crippen LogP contribution >= 0.6 is 0 Å². The van der Waals surface area contributed by atoms with E-state index in [4.69, 9.17) is 4.74 Å². The van der Waals surface area contributed by atoms with Crippen LogP contribution in [0.4, 0.5) is 0 Å². The number of rotatable bonds is 5. The molecule has 2 fully saturated rings. The first-order chi connectivity index (χ1) is 8.77. The molecule has 18 heavy (non-hydrogen) atoms. The van der Waals surface area contributed by atoms with Crippen molar-refractivity contribution in [2.24, 2.45) is 5.92 Å². The molecule has 2 unspecified atom stereocenters. The zero-order chi connectivity index (χ0) is 12.8. The molecule has 0 bridgehead atoms. The van der Waals surface area contributed by atoms with Crippen molar-refractivity contribution in [2.45, 2.75) is 57.6 Å². The van der Waals surface area contributed by atoms with Crippen LogP contribution in [-0.2, 0) is 4.74 Å². The Morgan fingerprint density at radius 1 is 1.11 bits per heavy atom. The van der Waals surface area contributed by atoms with E-state index in [1.54, 1.807) is 0 Å². The van der Waals surface area contributed by atoms with E-state index < -0.39 is 0 Å². The maximum Gasteiger partial charge on any atom is 0.0600 e. The fourth-order valence-electron chi connectivity index (χ4n) is 3.44. The van der Waals surface area contributed by atoms with Crippen molar-refractivity contribution in [3.8, 4) is 0 Å². The molecule has 0 spiro atoms. The van der Waals surface area contributed by atoms with Gasteiger partial charge in [0.1, 0.15) is 0 Å². The Morgan fingerprint density at radius 2 is 1.83 bits per heavy atom. The first kappa shape index (κ1) is 14.3. The average molecular weight is 254 g/mol. The van der Waals surface area contributed by atoms with Crippen molar-refractivity contribution < 1.29 is 4.74 Å². The number of ether oxygens (including phenoxy) is 1. The molecule has 1 aliphatic heterocycles. The maximum atomic E-state index is 6.00. The highest BCUT2D eigenvalue weighted by molar-refractivity contribution is 4.79. The second kappa shape index (κ2) is 7.46. The number of nitrogens with one attached hydrogen (secondary N) is 1. The maximum absolute atomic E-state index is 6.00. The van der Waals surface area contributed by atoms with Crippen LogP contribution in [0.5, 0.6) is 0 Å². The molecular formula is C15H30N2O. The molecule has 3 nitrogen and oxygen atoms in total. The Bertz CT molecular complexity index is 229. The van der Waals surface area contributed by atoms with Crippen molar-refractivity contribution in [2.75, 3.05) is 33.3 Å². The summed E-state index contributed by atoms with van der Waals surface area (Å²) in [6, 6.07) is 0.787. The Hall–Kier alpha value is -0.120. The van der Waals surface area contributed by atoms with Gasteiger partial charge in [0.15, 0.2) is 0 Å². The number of likely N-dealkylation sites (N-methyl/N-ethyl adjacent to an activating group) is 1. The Labute approximate surface area is 112 Å². The summed E-state index contributed by atoms with van der Waals surface area (Å²) in [6.07, 6.45) is 8.50. The van der Waals surface area contributed by atoms with E-state index in [0.717, 1.165) is 38.2 Å². The predicted molar refractivity (Wildman–Crippen MR) is 75.9 cm³/mol. The van der Waals surface area contributed by atoms with Crippen molar-refractivity contribution in [1.82, 2.24) is 10.2 Å². The minimum Gasteiger partial charge on any atom is -0.377 e. The fourth-order valence-corrected chi connectivity index (χ4v) is 3.44. The molecule has 106 valence electrons. The van der Waals surface area contributed by atoms with Crippen molar-refractivity contribution in [3.63, 3.8) is 0 Å². The second-order valence-corrected chi connectivity index (χ2v) is 6.13. The van der Waals surface area contributed by atoms with Gasteiger partial charge in [0, 0.05) is 12.6 Å². The molecule has 1 N–H and O–H groups in total. The summed E-state index contributed by atoms with van der Waals surface area (Å²) in [5, 5.41) is 3.38. The normalized spacial score (nSPS) is 30.8. The second-order valence-electron chi connectivity index (χ2n) is 6.13. The quantitative estimate of drug-likeness (QED) is 0.814. The lowest BCUT2D eigenvalue weighted by molar-refractivity contribution is 0.0115. The van der Waals surface area contributed by atoms with Gasteiger partial charge in [0.25, 0.3) is 0 Å². The SMILES string of the molecule is CC1CCCCC1N(C)CCOC1CCNCC1. The van der Waals surface area contributed by atoms with Crippen LogP contribution in [0, 0.1) is 5.92 Å². The van der Waals surface area contributed by atoms with E-state index in [0.29, 0.717) is 6.10 Å². The third kappa shape index (κ3) is 4.22. The molecule has 1 saturated heterocycles. The Morgan fingerprint density at radius 3 is 2.56 bits per heavy atom. The first-order valence-corrected chi connectivity index (χ1v) is 7.80. The van der Waals surface area contributed by atoms with E-state index in [2.05, 4.69) is 24.2 Å². The van der Waals surface area contributed by atoms with E-state index >= 15 is 0 Å². The van der Waals surface area contributed by atoms with Crippen LogP contribution in [0.25, 0.3) is 0 Å². The Balaban J connectivity index is 1.62. The van der Waals surface area contributed by atoms with Gasteiger partial charge in [0.05, 0.1) is 12.7 Å². The monoisotopic (exact) mass is 254 g/mol. The number of piperidine rings is 1. The lowest BCUT2D eigenvalue weighted by atomic mass is 9.85. The van der Waals surface area contributed by atoms with Crippen LogP contribution in [-0.4, -0.2) is 50.3 Å². The van der Waals surface area contributed by atoms with Gasteiger partial charge in [-0.15, -0.1) is 0 Å². The highest BCUT2D eigenvalue weighted by Gasteiger charge is 2.24. The molecule has 0 aromatic rings. The van der Waals surface area contributed by atoms with Gasteiger partial charge in [-0.2, -0.15) is 0 Å². The summed E-state index contributed by atoms with van der Waals surface area (Å²) in [5.41, 5.74) is 0. The molecule has 3 heteroatoms. The van der Waals surface area contributed by atoms with Crippen molar-refractivity contribution in [1.29, 1.82) is 0 Å². The number of hydrogen-bond acceptors (Lipinski definition) is 3. The molecule has 2 atom stereocenters. The molecular weight excluding hydrogens is 224 g/mol. The van der Waals surface area contributed by atoms with E-state index in [1.165, 1.54) is 38.5 Å². The highest BCUT2D eigenvalue weighted by atomic mass is 16.5. The highest BCUT2D eigenvalue weighted by Crippen LogP contribution is 2.27. The van der Waals surface area contributed by atoms with Crippen molar-refractivity contribution >= 4 is 0 Å². The van der Waals surface area contributed by atoms with Crippen LogP contribution in [0.1, 0.15) is 45.4 Å². The summed E-state index contributed by atoms with van der Waals surface area (Å²) < 4.78 is 6.00. The molecule has 0 aromatic heterocycles. The van der Waals surface area contributed by atoms with Gasteiger partial charge in [0.2, 0.25) is 0 Å². The first-order valence-electron chi connectivity index (χ1n) is 7.80. The van der Waals surface area contributed by atoms with E-state index in [-0.39, 0.29) is 0 Å². The van der Waals surface area contributed by atoms with Gasteiger partial charge in [-0.25, -0.2) is 0 Å². The minimum atomic E-state index is 0.503. The van der Waals surface area contributed by atoms with Gasteiger partial charge >= 0.3 is 0 Å². The molecule has 1 saturated carbocycles. The largest absolute Gasteiger partial charge is 0.377 e. The van der Waals surface area contributed by atoms with Gasteiger partial charge in [-0.05, 0) is 51.7 Å². The van der Waals surface area contributed by atoms with Gasteiger partial charge in [-0.1, -0.05) is 19.8 Å². The fraction of sp³-hybridized carbons (Fsp3) is 1.00. The lowest BCUT2D eigenvalue weighted by Crippen LogP contribution is -2.41. The van der Waals surface area contributed by atoms with Gasteiger partial charge < -0.3 is 15.0 Å². The third-order valence-corrected chi connectivity index (χ3v) is 4.72. The molecule has 1 aliphatic carbocycles. The smallest absolute Gasteiger partial charge is 0.0600 e. The van der Waals surface area contributed by atoms with Crippen LogP contribution < -0.4 is 5.32 Å². The number of nitrogens with zero attached hydrogens (tertiary/aromatic N) is 1. The van der Waals surface area contributed by atoms with Gasteiger partial charge in [-0.3, -0.25) is 0 Å². The molecule has 2 rings (SSSR count). The summed E-state index contributed by atoms with van der Waals surface area (Å²) in [7, 11) is 2.28. The lowest BCUT2D eigenvalue weighted by Gasteiger charge is -2.36. The topological polar surface area (TPSA) is 24.5 Å². The number of hydrogen-bond donors (Lipinski definition) is 1. The Kier molecular flexibility index (Phi) is 5.93. The zero-order valence-electron chi connectivity index (χ0n) is 12.2. The molecule has 1 heterocycles. The zero-order valence-corrected chi connectivity index (χ0v) is 12.2. The summed E-state index contributed by atoms with van der Waals surface area (Å²) in [6.45, 7) is 6.66. The van der Waals surface area contributed by atoms with Crippen molar-refractivity contribution in [3.05, 3.63) is 0 Å². The molecule has 0 aromatic carbocycles. The van der Waals surface area contributed by atoms with E-state index in [9.17, 15) is 0 Å². The van der Waals surface area contributed by atoms with Crippen LogP contribution in [0.3, 0.4) is 0 Å². The molecule has 0 amide bonds. The molecule has 2 aliphatic rings. The predicted octanol–water partition coefficient (Wildman–Crippen LogP) is 2.27. The third-order valence-electron chi connectivity index (χ3n) is 4.72. The summed E-state index contributed by atoms with van der Waals surface area (Å²) >= 11 is 0.